The number of carbonyl (C=O) groups excluding carboxylic acids is 1. The van der Waals surface area contributed by atoms with Gasteiger partial charge in [0.15, 0.2) is 5.78 Å². The summed E-state index contributed by atoms with van der Waals surface area (Å²) in [5.41, 5.74) is 7.37. The molecule has 2 heteroatoms. The SMILES string of the molecule is Cc1cc(C)c(C)c(C(=O)c2cccc(C)c2I)c1C. The van der Waals surface area contributed by atoms with Crippen molar-refractivity contribution in [2.24, 2.45) is 0 Å². The maximum atomic E-state index is 13.0. The first-order chi connectivity index (χ1) is 9.34. The highest BCUT2D eigenvalue weighted by molar-refractivity contribution is 14.1. The second-order valence-corrected chi connectivity index (χ2v) is 6.48. The van der Waals surface area contributed by atoms with Gasteiger partial charge in [0.1, 0.15) is 0 Å². The predicted molar refractivity (Wildman–Crippen MR) is 92.7 cm³/mol. The molecule has 0 radical (unpaired) electrons. The van der Waals surface area contributed by atoms with E-state index in [4.69, 9.17) is 0 Å². The van der Waals surface area contributed by atoms with E-state index in [-0.39, 0.29) is 5.78 Å². The number of halogens is 1. The van der Waals surface area contributed by atoms with E-state index in [1.54, 1.807) is 0 Å². The zero-order chi connectivity index (χ0) is 15.0. The van der Waals surface area contributed by atoms with Gasteiger partial charge in [-0.2, -0.15) is 0 Å². The molecular formula is C18H19IO. The van der Waals surface area contributed by atoms with Crippen molar-refractivity contribution in [2.45, 2.75) is 34.6 Å². The first kappa shape index (κ1) is 15.2. The van der Waals surface area contributed by atoms with Gasteiger partial charge >= 0.3 is 0 Å². The lowest BCUT2D eigenvalue weighted by molar-refractivity contribution is 0.103. The molecule has 2 aromatic carbocycles. The van der Waals surface area contributed by atoms with Gasteiger partial charge in [-0.05, 0) is 91.1 Å². The fraction of sp³-hybridized carbons (Fsp3) is 0.278. The van der Waals surface area contributed by atoms with Crippen molar-refractivity contribution in [1.29, 1.82) is 0 Å². The summed E-state index contributed by atoms with van der Waals surface area (Å²) in [5.74, 6) is 0.139. The lowest BCUT2D eigenvalue weighted by Crippen LogP contribution is -2.11. The first-order valence-corrected chi connectivity index (χ1v) is 7.79. The summed E-state index contributed by atoms with van der Waals surface area (Å²) >= 11 is 2.27. The van der Waals surface area contributed by atoms with Crippen molar-refractivity contribution >= 4 is 28.4 Å². The van der Waals surface area contributed by atoms with Gasteiger partial charge in [0.2, 0.25) is 0 Å². The van der Waals surface area contributed by atoms with Crippen LogP contribution in [0.5, 0.6) is 0 Å². The van der Waals surface area contributed by atoms with Crippen molar-refractivity contribution in [3.05, 3.63) is 66.8 Å². The molecule has 0 unspecified atom stereocenters. The Hall–Kier alpha value is -1.16. The van der Waals surface area contributed by atoms with E-state index in [0.717, 1.165) is 31.4 Å². The molecule has 0 aliphatic rings. The molecule has 0 aliphatic heterocycles. The summed E-state index contributed by atoms with van der Waals surface area (Å²) in [6.07, 6.45) is 0. The van der Waals surface area contributed by atoms with E-state index >= 15 is 0 Å². The van der Waals surface area contributed by atoms with Gasteiger partial charge in [0.25, 0.3) is 0 Å². The molecule has 1 nitrogen and oxygen atoms in total. The quantitative estimate of drug-likeness (QED) is 0.527. The molecule has 20 heavy (non-hydrogen) atoms. The zero-order valence-electron chi connectivity index (χ0n) is 12.6. The average Bonchev–Trinajstić information content (AvgIpc) is 2.40. The van der Waals surface area contributed by atoms with Crippen molar-refractivity contribution in [3.63, 3.8) is 0 Å². The minimum absolute atomic E-state index is 0.139. The zero-order valence-corrected chi connectivity index (χ0v) is 14.8. The number of ketones is 1. The molecular weight excluding hydrogens is 359 g/mol. The van der Waals surface area contributed by atoms with Crippen LogP contribution in [0.15, 0.2) is 24.3 Å². The van der Waals surface area contributed by atoms with E-state index in [1.165, 1.54) is 11.1 Å². The Kier molecular flexibility index (Phi) is 4.33. The van der Waals surface area contributed by atoms with Crippen molar-refractivity contribution in [2.75, 3.05) is 0 Å². The molecule has 0 spiro atoms. The van der Waals surface area contributed by atoms with Crippen LogP contribution in [0, 0.1) is 38.2 Å². The van der Waals surface area contributed by atoms with Crippen LogP contribution in [0.25, 0.3) is 0 Å². The second kappa shape index (κ2) is 5.68. The normalized spacial score (nSPS) is 10.7. The predicted octanol–water partition coefficient (Wildman–Crippen LogP) is 5.06. The van der Waals surface area contributed by atoms with Crippen LogP contribution in [-0.2, 0) is 0 Å². The van der Waals surface area contributed by atoms with Crippen LogP contribution in [0.1, 0.15) is 43.7 Å². The highest BCUT2D eigenvalue weighted by atomic mass is 127. The van der Waals surface area contributed by atoms with Gasteiger partial charge in [-0.1, -0.05) is 18.2 Å². The third-order valence-corrected chi connectivity index (χ3v) is 5.46. The average molecular weight is 378 g/mol. The minimum Gasteiger partial charge on any atom is -0.289 e. The van der Waals surface area contributed by atoms with Gasteiger partial charge in [0, 0.05) is 14.7 Å². The second-order valence-electron chi connectivity index (χ2n) is 5.40. The maximum Gasteiger partial charge on any atom is 0.194 e. The Labute approximate surface area is 134 Å². The van der Waals surface area contributed by atoms with E-state index in [1.807, 2.05) is 39.0 Å². The fourth-order valence-electron chi connectivity index (χ4n) is 2.51. The number of aryl methyl sites for hydroxylation is 3. The van der Waals surface area contributed by atoms with Crippen molar-refractivity contribution in [3.8, 4) is 0 Å². The van der Waals surface area contributed by atoms with E-state index < -0.39 is 0 Å². The number of hydrogen-bond acceptors (Lipinski definition) is 1. The van der Waals surface area contributed by atoms with Crippen molar-refractivity contribution in [1.82, 2.24) is 0 Å². The Morgan fingerprint density at radius 2 is 1.45 bits per heavy atom. The monoisotopic (exact) mass is 378 g/mol. The lowest BCUT2D eigenvalue weighted by Gasteiger charge is -2.15. The summed E-state index contributed by atoms with van der Waals surface area (Å²) in [7, 11) is 0. The third kappa shape index (κ3) is 2.53. The number of hydrogen-bond donors (Lipinski definition) is 0. The highest BCUT2D eigenvalue weighted by Crippen LogP contribution is 2.27. The molecule has 0 heterocycles. The van der Waals surface area contributed by atoms with E-state index in [0.29, 0.717) is 0 Å². The topological polar surface area (TPSA) is 17.1 Å². The van der Waals surface area contributed by atoms with Crippen LogP contribution in [0.2, 0.25) is 0 Å². The molecule has 2 rings (SSSR count). The van der Waals surface area contributed by atoms with E-state index in [2.05, 4.69) is 42.5 Å². The summed E-state index contributed by atoms with van der Waals surface area (Å²) < 4.78 is 1.05. The Morgan fingerprint density at radius 1 is 0.900 bits per heavy atom. The van der Waals surface area contributed by atoms with E-state index in [9.17, 15) is 4.79 Å². The molecule has 0 amide bonds. The molecule has 0 saturated heterocycles. The molecule has 104 valence electrons. The smallest absolute Gasteiger partial charge is 0.194 e. The lowest BCUT2D eigenvalue weighted by atomic mass is 9.89. The number of benzene rings is 2. The molecule has 0 aliphatic carbocycles. The van der Waals surface area contributed by atoms with Crippen LogP contribution in [0.4, 0.5) is 0 Å². The van der Waals surface area contributed by atoms with Crippen molar-refractivity contribution < 1.29 is 4.79 Å². The number of carbonyl (C=O) groups is 1. The molecule has 0 aromatic heterocycles. The molecule has 0 saturated carbocycles. The Bertz CT molecular complexity index is 673. The third-order valence-electron chi connectivity index (χ3n) is 4.03. The summed E-state index contributed by atoms with van der Waals surface area (Å²) in [5, 5.41) is 0. The standard InChI is InChI=1S/C18H19IO/c1-10-7-6-8-15(17(10)19)18(20)16-13(4)11(2)9-12(3)14(16)5/h6-9H,1-5H3. The van der Waals surface area contributed by atoms with Crippen LogP contribution >= 0.6 is 22.6 Å². The minimum atomic E-state index is 0.139. The van der Waals surface area contributed by atoms with Gasteiger partial charge in [-0.15, -0.1) is 0 Å². The number of rotatable bonds is 2. The largest absolute Gasteiger partial charge is 0.289 e. The Morgan fingerprint density at radius 3 is 2.00 bits per heavy atom. The van der Waals surface area contributed by atoms with Gasteiger partial charge < -0.3 is 0 Å². The molecule has 0 bridgehead atoms. The fourth-order valence-corrected chi connectivity index (χ4v) is 3.12. The molecule has 0 N–H and O–H groups in total. The Balaban J connectivity index is 2.69. The highest BCUT2D eigenvalue weighted by Gasteiger charge is 2.19. The summed E-state index contributed by atoms with van der Waals surface area (Å²) in [4.78, 5) is 13.0. The molecule has 2 aromatic rings. The van der Waals surface area contributed by atoms with Gasteiger partial charge in [-0.3, -0.25) is 4.79 Å². The molecule has 0 atom stereocenters. The first-order valence-electron chi connectivity index (χ1n) is 6.71. The molecule has 0 fully saturated rings. The van der Waals surface area contributed by atoms with Gasteiger partial charge in [0.05, 0.1) is 0 Å². The summed E-state index contributed by atoms with van der Waals surface area (Å²) in [6.45, 7) is 10.3. The van der Waals surface area contributed by atoms with Crippen LogP contribution in [0.3, 0.4) is 0 Å². The van der Waals surface area contributed by atoms with Crippen LogP contribution in [-0.4, -0.2) is 5.78 Å². The van der Waals surface area contributed by atoms with Crippen LogP contribution < -0.4 is 0 Å². The van der Waals surface area contributed by atoms with Gasteiger partial charge in [-0.25, -0.2) is 0 Å². The summed E-state index contributed by atoms with van der Waals surface area (Å²) in [6, 6.07) is 8.08. The maximum absolute atomic E-state index is 13.0.